The molecule has 15 heavy (non-hydrogen) atoms. The van der Waals surface area contributed by atoms with E-state index in [-0.39, 0.29) is 5.92 Å². The highest BCUT2D eigenvalue weighted by atomic mass is 16.5. The summed E-state index contributed by atoms with van der Waals surface area (Å²) in [5.41, 5.74) is 5.65. The zero-order valence-electron chi connectivity index (χ0n) is 8.93. The minimum Gasteiger partial charge on any atom is -0.409 e. The molecule has 0 radical (unpaired) electrons. The second kappa shape index (κ2) is 4.81. The van der Waals surface area contributed by atoms with E-state index in [1.165, 1.54) is 0 Å². The first-order valence-electron chi connectivity index (χ1n) is 5.60. The first-order valence-corrected chi connectivity index (χ1v) is 5.60. The molecule has 2 unspecified atom stereocenters. The molecule has 5 heteroatoms. The first kappa shape index (κ1) is 10.7. The molecule has 2 rings (SSSR count). The number of oxime groups is 1. The molecule has 0 spiro atoms. The van der Waals surface area contributed by atoms with Crippen molar-refractivity contribution >= 4 is 5.84 Å². The summed E-state index contributed by atoms with van der Waals surface area (Å²) in [6, 6.07) is 0.541. The van der Waals surface area contributed by atoms with Gasteiger partial charge in [-0.05, 0) is 25.8 Å². The smallest absolute Gasteiger partial charge is 0.143 e. The van der Waals surface area contributed by atoms with Crippen molar-refractivity contribution in [2.24, 2.45) is 16.8 Å². The first-order chi connectivity index (χ1) is 7.31. The van der Waals surface area contributed by atoms with Crippen molar-refractivity contribution in [2.45, 2.75) is 25.3 Å². The van der Waals surface area contributed by atoms with Crippen LogP contribution >= 0.6 is 0 Å². The Bertz CT molecular complexity index is 239. The van der Waals surface area contributed by atoms with Gasteiger partial charge in [0.15, 0.2) is 0 Å². The molecule has 2 saturated heterocycles. The number of rotatable bonds is 2. The maximum Gasteiger partial charge on any atom is 0.143 e. The fourth-order valence-corrected chi connectivity index (χ4v) is 2.47. The molecule has 2 fully saturated rings. The molecule has 86 valence electrons. The molecule has 0 saturated carbocycles. The van der Waals surface area contributed by atoms with Crippen LogP contribution in [0.3, 0.4) is 0 Å². The lowest BCUT2D eigenvalue weighted by molar-refractivity contribution is 0.116. The predicted octanol–water partition coefficient (Wildman–Crippen LogP) is 0.234. The molecular formula is C10H19N3O2. The molecule has 0 aromatic heterocycles. The Morgan fingerprint density at radius 3 is 3.00 bits per heavy atom. The number of likely N-dealkylation sites (tertiary alicyclic amines) is 1. The maximum atomic E-state index is 8.66. The molecule has 2 atom stereocenters. The Morgan fingerprint density at radius 2 is 2.33 bits per heavy atom. The molecule has 5 nitrogen and oxygen atoms in total. The Morgan fingerprint density at radius 1 is 1.47 bits per heavy atom. The minimum atomic E-state index is 0.212. The summed E-state index contributed by atoms with van der Waals surface area (Å²) in [4.78, 5) is 2.42. The van der Waals surface area contributed by atoms with Gasteiger partial charge in [-0.3, -0.25) is 4.90 Å². The number of hydrogen-bond donors (Lipinski definition) is 2. The number of piperidine rings is 1. The summed E-state index contributed by atoms with van der Waals surface area (Å²) in [6.45, 7) is 3.73. The normalized spacial score (nSPS) is 34.5. The van der Waals surface area contributed by atoms with Crippen LogP contribution in [0.15, 0.2) is 5.16 Å². The highest BCUT2D eigenvalue weighted by Crippen LogP contribution is 2.22. The third-order valence-electron chi connectivity index (χ3n) is 3.41. The lowest BCUT2D eigenvalue weighted by Gasteiger charge is -2.35. The van der Waals surface area contributed by atoms with Gasteiger partial charge >= 0.3 is 0 Å². The van der Waals surface area contributed by atoms with Crippen LogP contribution in [-0.2, 0) is 4.74 Å². The summed E-state index contributed by atoms with van der Waals surface area (Å²) >= 11 is 0. The van der Waals surface area contributed by atoms with E-state index in [2.05, 4.69) is 10.1 Å². The SMILES string of the molecule is NC(=NO)C1CCCN(C2CCOC2)C1. The molecule has 0 aromatic rings. The van der Waals surface area contributed by atoms with E-state index in [9.17, 15) is 0 Å². The van der Waals surface area contributed by atoms with Crippen LogP contribution < -0.4 is 5.73 Å². The van der Waals surface area contributed by atoms with Crippen molar-refractivity contribution in [3.63, 3.8) is 0 Å². The lowest BCUT2D eigenvalue weighted by atomic mass is 9.95. The van der Waals surface area contributed by atoms with E-state index < -0.39 is 0 Å². The van der Waals surface area contributed by atoms with Crippen molar-refractivity contribution in [1.82, 2.24) is 4.90 Å². The van der Waals surface area contributed by atoms with Gasteiger partial charge in [0.05, 0.1) is 6.61 Å². The van der Waals surface area contributed by atoms with Crippen LogP contribution in [0.4, 0.5) is 0 Å². The largest absolute Gasteiger partial charge is 0.409 e. The van der Waals surface area contributed by atoms with E-state index in [1.807, 2.05) is 0 Å². The van der Waals surface area contributed by atoms with Gasteiger partial charge in [0, 0.05) is 25.1 Å². The average Bonchev–Trinajstić information content (AvgIpc) is 2.82. The average molecular weight is 213 g/mol. The molecule has 0 amide bonds. The Hall–Kier alpha value is -0.810. The summed E-state index contributed by atoms with van der Waals surface area (Å²) in [7, 11) is 0. The van der Waals surface area contributed by atoms with Gasteiger partial charge in [0.25, 0.3) is 0 Å². The third-order valence-corrected chi connectivity index (χ3v) is 3.41. The molecule has 2 aliphatic rings. The summed E-state index contributed by atoms with van der Waals surface area (Å²) in [5, 5.41) is 11.8. The maximum absolute atomic E-state index is 8.66. The fourth-order valence-electron chi connectivity index (χ4n) is 2.47. The molecule has 2 heterocycles. The summed E-state index contributed by atoms with van der Waals surface area (Å²) in [6.07, 6.45) is 3.26. The van der Waals surface area contributed by atoms with Gasteiger partial charge < -0.3 is 15.7 Å². The topological polar surface area (TPSA) is 71.1 Å². The van der Waals surface area contributed by atoms with Gasteiger partial charge in [0.2, 0.25) is 0 Å². The summed E-state index contributed by atoms with van der Waals surface area (Å²) < 4.78 is 5.38. The number of hydrogen-bond acceptors (Lipinski definition) is 4. The lowest BCUT2D eigenvalue weighted by Crippen LogP contribution is -2.46. The number of nitrogens with two attached hydrogens (primary N) is 1. The van der Waals surface area contributed by atoms with E-state index >= 15 is 0 Å². The zero-order valence-corrected chi connectivity index (χ0v) is 8.93. The highest BCUT2D eigenvalue weighted by Gasteiger charge is 2.29. The van der Waals surface area contributed by atoms with Gasteiger partial charge in [-0.2, -0.15) is 0 Å². The van der Waals surface area contributed by atoms with Gasteiger partial charge in [-0.15, -0.1) is 0 Å². The zero-order chi connectivity index (χ0) is 10.7. The number of amidine groups is 1. The van der Waals surface area contributed by atoms with Crippen molar-refractivity contribution in [3.05, 3.63) is 0 Å². The van der Waals surface area contributed by atoms with Gasteiger partial charge in [-0.1, -0.05) is 5.16 Å². The highest BCUT2D eigenvalue weighted by molar-refractivity contribution is 5.82. The van der Waals surface area contributed by atoms with Crippen LogP contribution in [-0.4, -0.2) is 48.3 Å². The molecular weight excluding hydrogens is 194 g/mol. The third kappa shape index (κ3) is 2.41. The van der Waals surface area contributed by atoms with Crippen molar-refractivity contribution < 1.29 is 9.94 Å². The van der Waals surface area contributed by atoms with E-state index in [1.54, 1.807) is 0 Å². The predicted molar refractivity (Wildman–Crippen MR) is 56.9 cm³/mol. The Balaban J connectivity index is 1.91. The fraction of sp³-hybridized carbons (Fsp3) is 0.900. The number of nitrogens with zero attached hydrogens (tertiary/aromatic N) is 2. The molecule has 0 aromatic carbocycles. The minimum absolute atomic E-state index is 0.212. The van der Waals surface area contributed by atoms with Crippen molar-refractivity contribution in [3.8, 4) is 0 Å². The van der Waals surface area contributed by atoms with Crippen LogP contribution in [0.5, 0.6) is 0 Å². The Labute approximate surface area is 89.9 Å². The molecule has 2 aliphatic heterocycles. The second-order valence-corrected chi connectivity index (χ2v) is 4.38. The van der Waals surface area contributed by atoms with Crippen molar-refractivity contribution in [2.75, 3.05) is 26.3 Å². The van der Waals surface area contributed by atoms with Crippen LogP contribution in [0.2, 0.25) is 0 Å². The van der Waals surface area contributed by atoms with Crippen LogP contribution in [0.1, 0.15) is 19.3 Å². The second-order valence-electron chi connectivity index (χ2n) is 4.38. The standard InChI is InChI=1S/C10H19N3O2/c11-10(12-14)8-2-1-4-13(6-8)9-3-5-15-7-9/h8-9,14H,1-7H2,(H2,11,12). The van der Waals surface area contributed by atoms with Crippen LogP contribution in [0.25, 0.3) is 0 Å². The van der Waals surface area contributed by atoms with Crippen LogP contribution in [0, 0.1) is 5.92 Å². The van der Waals surface area contributed by atoms with Crippen molar-refractivity contribution in [1.29, 1.82) is 0 Å². The summed E-state index contributed by atoms with van der Waals surface area (Å²) in [5.74, 6) is 0.586. The molecule has 0 aliphatic carbocycles. The number of ether oxygens (including phenoxy) is 1. The Kier molecular flexibility index (Phi) is 3.43. The monoisotopic (exact) mass is 213 g/mol. The molecule has 3 N–H and O–H groups in total. The van der Waals surface area contributed by atoms with Gasteiger partial charge in [0.1, 0.15) is 5.84 Å². The van der Waals surface area contributed by atoms with E-state index in [4.69, 9.17) is 15.7 Å². The van der Waals surface area contributed by atoms with E-state index in [0.29, 0.717) is 11.9 Å². The van der Waals surface area contributed by atoms with Gasteiger partial charge in [-0.25, -0.2) is 0 Å². The van der Waals surface area contributed by atoms with E-state index in [0.717, 1.165) is 45.6 Å². The molecule has 0 bridgehead atoms. The quantitative estimate of drug-likeness (QED) is 0.298.